The first-order valence-corrected chi connectivity index (χ1v) is 9.69. The van der Waals surface area contributed by atoms with Crippen molar-refractivity contribution in [1.82, 2.24) is 14.5 Å². The maximum Gasteiger partial charge on any atom is 0.298 e. The van der Waals surface area contributed by atoms with Gasteiger partial charge in [0.15, 0.2) is 5.82 Å². The summed E-state index contributed by atoms with van der Waals surface area (Å²) in [5, 5.41) is 103. The Morgan fingerprint density at radius 2 is 1.30 bits per heavy atom. The fourth-order valence-corrected chi connectivity index (χ4v) is 3.92. The lowest BCUT2D eigenvalue weighted by molar-refractivity contribution is -0.483. The molecule has 0 unspecified atom stereocenters. The Morgan fingerprint density at radius 1 is 0.788 bits per heavy atom. The maximum atomic E-state index is 10.9. The van der Waals surface area contributed by atoms with E-state index in [1.165, 1.54) is 12.1 Å². The molecule has 0 aliphatic carbocycles. The van der Waals surface area contributed by atoms with Crippen molar-refractivity contribution in [2.75, 3.05) is 0 Å². The third-order valence-corrected chi connectivity index (χ3v) is 5.82. The molecule has 10 N–H and O–H groups in total. The van der Waals surface area contributed by atoms with E-state index in [-0.39, 0.29) is 17.6 Å². The summed E-state index contributed by atoms with van der Waals surface area (Å²) in [6.45, 7) is -0.135. The van der Waals surface area contributed by atoms with Crippen molar-refractivity contribution in [3.63, 3.8) is 0 Å². The zero-order chi connectivity index (χ0) is 24.6. The van der Waals surface area contributed by atoms with Crippen LogP contribution >= 0.6 is 11.6 Å². The molecule has 13 nitrogen and oxygen atoms in total. The molecule has 3 aromatic rings. The average Bonchev–Trinajstić information content (AvgIpc) is 3.10. The number of aromatic nitrogens is 2. The summed E-state index contributed by atoms with van der Waals surface area (Å²) in [6.07, 6.45) is 0. The van der Waals surface area contributed by atoms with Gasteiger partial charge in [-0.25, -0.2) is 4.98 Å². The monoisotopic (exact) mass is 485 g/mol. The molecule has 178 valence electrons. The number of benzene rings is 2. The number of fused-ring (bicyclic) bond motifs is 1. The van der Waals surface area contributed by atoms with Crippen LogP contribution in [0.5, 0.6) is 0 Å². The highest BCUT2D eigenvalue weighted by Crippen LogP contribution is 2.52. The van der Waals surface area contributed by atoms with Gasteiger partial charge in [-0.05, 0) is 29.8 Å². The van der Waals surface area contributed by atoms with Crippen molar-refractivity contribution in [2.45, 2.75) is 35.9 Å². The van der Waals surface area contributed by atoms with E-state index in [0.717, 1.165) is 4.57 Å². The van der Waals surface area contributed by atoms with E-state index < -0.39 is 40.0 Å². The molecule has 1 aliphatic heterocycles. The van der Waals surface area contributed by atoms with Crippen LogP contribution in [0.3, 0.4) is 0 Å². The molecule has 2 heterocycles. The molecule has 0 atom stereocenters. The van der Waals surface area contributed by atoms with E-state index in [4.69, 9.17) is 11.6 Å². The Balaban J connectivity index is 1.94. The van der Waals surface area contributed by atoms with Gasteiger partial charge in [0, 0.05) is 11.6 Å². The minimum atomic E-state index is -4.51. The van der Waals surface area contributed by atoms with Gasteiger partial charge in [-0.3, -0.25) is 0 Å². The fraction of sp³-hybridized carbons (Fsp3) is 0.316. The van der Waals surface area contributed by atoms with Gasteiger partial charge in [0.25, 0.3) is 29.3 Å². The van der Waals surface area contributed by atoms with Gasteiger partial charge in [-0.2, -0.15) is 0 Å². The molecule has 1 aliphatic rings. The Hall–Kier alpha value is -2.24. The number of halogens is 1. The molecular formula is C19H20ClN3O10. The smallest absolute Gasteiger partial charge is 0.298 e. The highest BCUT2D eigenvalue weighted by molar-refractivity contribution is 6.30. The maximum absolute atomic E-state index is 10.9. The van der Waals surface area contributed by atoms with E-state index in [9.17, 15) is 51.1 Å². The van der Waals surface area contributed by atoms with E-state index in [1.54, 1.807) is 36.4 Å². The first-order valence-electron chi connectivity index (χ1n) is 9.31. The first kappa shape index (κ1) is 23.9. The molecular weight excluding hydrogens is 466 g/mol. The van der Waals surface area contributed by atoms with E-state index in [2.05, 4.69) is 4.98 Å². The van der Waals surface area contributed by atoms with E-state index in [0.29, 0.717) is 10.6 Å². The van der Waals surface area contributed by atoms with Crippen LogP contribution in [0.1, 0.15) is 11.4 Å². The zero-order valence-corrected chi connectivity index (χ0v) is 17.3. The number of imidazole rings is 1. The van der Waals surface area contributed by atoms with Gasteiger partial charge in [0.05, 0.1) is 11.0 Å². The second-order valence-electron chi connectivity index (χ2n) is 7.72. The zero-order valence-electron chi connectivity index (χ0n) is 16.5. The fourth-order valence-electron chi connectivity index (χ4n) is 3.80. The van der Waals surface area contributed by atoms with Gasteiger partial charge in [0.1, 0.15) is 0 Å². The molecule has 0 saturated carbocycles. The summed E-state index contributed by atoms with van der Waals surface area (Å²) in [7, 11) is 0. The molecule has 0 amide bonds. The summed E-state index contributed by atoms with van der Waals surface area (Å²) < 4.78 is 1.13. The van der Waals surface area contributed by atoms with Gasteiger partial charge >= 0.3 is 0 Å². The summed E-state index contributed by atoms with van der Waals surface area (Å²) >= 11 is 5.88. The van der Waals surface area contributed by atoms with Crippen LogP contribution in [-0.2, 0) is 12.5 Å². The van der Waals surface area contributed by atoms with Gasteiger partial charge in [0.2, 0.25) is 0 Å². The number of likely N-dealkylation sites (tertiary alicyclic amines) is 1. The highest BCUT2D eigenvalue weighted by Gasteiger charge is 2.87. The molecule has 0 bridgehead atoms. The molecule has 1 saturated heterocycles. The summed E-state index contributed by atoms with van der Waals surface area (Å²) in [6, 6.07) is 12.4. The first-order chi connectivity index (χ1) is 15.1. The van der Waals surface area contributed by atoms with Gasteiger partial charge in [-0.1, -0.05) is 35.9 Å². The summed E-state index contributed by atoms with van der Waals surface area (Å²) in [5.74, 6) is -22.7. The van der Waals surface area contributed by atoms with Crippen LogP contribution in [0.15, 0.2) is 48.5 Å². The molecule has 0 spiro atoms. The lowest BCUT2D eigenvalue weighted by Crippen LogP contribution is -2.68. The topological polar surface area (TPSA) is 223 Å². The lowest BCUT2D eigenvalue weighted by Gasteiger charge is -2.42. The number of nitrogens with zero attached hydrogens (tertiary/aromatic N) is 3. The predicted octanol–water partition coefficient (Wildman–Crippen LogP) is -3.21. The number of hydrogen-bond donors (Lipinski definition) is 10. The molecule has 0 radical (unpaired) electrons. The van der Waals surface area contributed by atoms with Gasteiger partial charge in [-0.15, -0.1) is 4.90 Å². The van der Waals surface area contributed by atoms with Crippen LogP contribution in [0.2, 0.25) is 5.02 Å². The molecule has 2 aromatic carbocycles. The molecule has 33 heavy (non-hydrogen) atoms. The van der Waals surface area contributed by atoms with Crippen molar-refractivity contribution in [3.05, 3.63) is 64.9 Å². The summed E-state index contributed by atoms with van der Waals surface area (Å²) in [5.41, 5.74) is 0.974. The second kappa shape index (κ2) is 7.13. The molecule has 4 rings (SSSR count). The van der Waals surface area contributed by atoms with Crippen molar-refractivity contribution < 1.29 is 51.1 Å². The number of aliphatic hydroxyl groups is 10. The quantitative estimate of drug-likeness (QED) is 0.165. The third kappa shape index (κ3) is 3.12. The van der Waals surface area contributed by atoms with Crippen LogP contribution in [0.25, 0.3) is 11.0 Å². The van der Waals surface area contributed by atoms with Crippen molar-refractivity contribution in [3.8, 4) is 0 Å². The Bertz CT molecular complexity index is 1180. The lowest BCUT2D eigenvalue weighted by atomic mass is 10.1. The highest BCUT2D eigenvalue weighted by atomic mass is 35.5. The normalized spacial score (nSPS) is 21.5. The van der Waals surface area contributed by atoms with Crippen molar-refractivity contribution >= 4 is 22.6 Å². The van der Waals surface area contributed by atoms with Crippen LogP contribution < -0.4 is 0 Å². The average molecular weight is 486 g/mol. The van der Waals surface area contributed by atoms with Crippen molar-refractivity contribution in [2.24, 2.45) is 0 Å². The minimum absolute atomic E-state index is 0.135. The van der Waals surface area contributed by atoms with Crippen LogP contribution in [0.4, 0.5) is 0 Å². The van der Waals surface area contributed by atoms with Crippen molar-refractivity contribution in [1.29, 1.82) is 0 Å². The number of para-hydroxylation sites is 2. The van der Waals surface area contributed by atoms with Crippen LogP contribution in [-0.4, -0.2) is 88.9 Å². The van der Waals surface area contributed by atoms with Gasteiger partial charge < -0.3 is 55.6 Å². The third-order valence-electron chi connectivity index (χ3n) is 5.57. The van der Waals surface area contributed by atoms with E-state index in [1.807, 2.05) is 0 Å². The number of rotatable bonds is 4. The SMILES string of the molecule is OC(O)(c1nc2ccccc2n1Cc1ccc(Cl)cc1)N1C(O)(O)C(O)(O)C(O)(O)C1(O)O. The summed E-state index contributed by atoms with van der Waals surface area (Å²) in [4.78, 5) is 3.07. The number of hydrogen-bond acceptors (Lipinski definition) is 12. The molecule has 1 fully saturated rings. The minimum Gasteiger partial charge on any atom is -0.356 e. The Kier molecular flexibility index (Phi) is 5.16. The van der Waals surface area contributed by atoms with E-state index >= 15 is 0 Å². The molecule has 14 heteroatoms. The predicted molar refractivity (Wildman–Crippen MR) is 107 cm³/mol. The second-order valence-corrected chi connectivity index (χ2v) is 8.16. The van der Waals surface area contributed by atoms with Crippen LogP contribution in [0, 0.1) is 0 Å². The Morgan fingerprint density at radius 3 is 1.85 bits per heavy atom. The molecule has 1 aromatic heterocycles. The Labute approximate surface area is 189 Å². The standard InChI is InChI=1S/C19H20ClN3O10/c20-11-7-5-10(6-8-11)9-22-13-4-2-1-3-12(13)21-14(22)15(24,25)23-18(30,31)16(26,27)17(28,29)19(23,32)33/h1-8,24-33H,9H2. The largest absolute Gasteiger partial charge is 0.356 e.